The molecule has 0 radical (unpaired) electrons. The maximum atomic E-state index is 12.1. The van der Waals surface area contributed by atoms with E-state index in [-0.39, 0.29) is 0 Å². The van der Waals surface area contributed by atoms with Gasteiger partial charge in [-0.15, -0.1) is 6.58 Å². The fourth-order valence-corrected chi connectivity index (χ4v) is 2.10. The van der Waals surface area contributed by atoms with Gasteiger partial charge in [-0.2, -0.15) is 4.98 Å². The Kier molecular flexibility index (Phi) is 7.35. The van der Waals surface area contributed by atoms with Crippen molar-refractivity contribution in [1.82, 2.24) is 10.1 Å². The maximum Gasteiger partial charge on any atom is 0.340 e. The molecule has 0 spiro atoms. The number of nitrogens with zero attached hydrogens (tertiary/aromatic N) is 2. The Morgan fingerprint density at radius 1 is 1.44 bits per heavy atom. The molecule has 0 N–H and O–H groups in total. The van der Waals surface area contributed by atoms with Gasteiger partial charge in [0.15, 0.2) is 6.10 Å². The van der Waals surface area contributed by atoms with Crippen molar-refractivity contribution in [1.29, 1.82) is 0 Å². The van der Waals surface area contributed by atoms with Crippen molar-refractivity contribution in [2.45, 2.75) is 45.6 Å². The number of aryl methyl sites for hydroxylation is 1. The summed E-state index contributed by atoms with van der Waals surface area (Å²) in [4.78, 5) is 16.4. The second kappa shape index (κ2) is 9.74. The third-order valence-electron chi connectivity index (χ3n) is 3.54. The molecule has 1 unspecified atom stereocenters. The number of hydrogen-bond donors (Lipinski definition) is 0. The standard InChI is InChI=1S/C19H24N2O4/c1-4-6-11-17-20-18(21-25-17)15-9-8-10-16(13-15)24-19(22)14(3)23-12-7-5-2/h5,8-10,13-14H,2,4,6-7,11-12H2,1,3H3. The smallest absolute Gasteiger partial charge is 0.340 e. The van der Waals surface area contributed by atoms with Gasteiger partial charge < -0.3 is 14.0 Å². The van der Waals surface area contributed by atoms with Crippen molar-refractivity contribution < 1.29 is 18.8 Å². The predicted molar refractivity (Wildman–Crippen MR) is 94.2 cm³/mol. The number of carbonyl (C=O) groups excluding carboxylic acids is 1. The Bertz CT molecular complexity index is 696. The van der Waals surface area contributed by atoms with E-state index in [1.165, 1.54) is 0 Å². The van der Waals surface area contributed by atoms with Crippen LogP contribution in [0.15, 0.2) is 41.4 Å². The molecule has 1 heterocycles. The van der Waals surface area contributed by atoms with Crippen LogP contribution >= 0.6 is 0 Å². The van der Waals surface area contributed by atoms with Gasteiger partial charge in [-0.1, -0.05) is 36.7 Å². The number of unbranched alkanes of at least 4 members (excludes halogenated alkanes) is 1. The first-order chi connectivity index (χ1) is 12.1. The van der Waals surface area contributed by atoms with Gasteiger partial charge in [-0.05, 0) is 31.9 Å². The van der Waals surface area contributed by atoms with Gasteiger partial charge >= 0.3 is 5.97 Å². The Morgan fingerprint density at radius 2 is 2.28 bits per heavy atom. The number of ether oxygens (including phenoxy) is 2. The zero-order valence-electron chi connectivity index (χ0n) is 14.7. The Balaban J connectivity index is 1.99. The molecule has 0 fully saturated rings. The second-order valence-electron chi connectivity index (χ2n) is 5.65. The molecular weight excluding hydrogens is 320 g/mol. The maximum absolute atomic E-state index is 12.1. The first-order valence-electron chi connectivity index (χ1n) is 8.51. The molecule has 0 aliphatic carbocycles. The van der Waals surface area contributed by atoms with Crippen LogP contribution in [0, 0.1) is 0 Å². The monoisotopic (exact) mass is 344 g/mol. The van der Waals surface area contributed by atoms with Gasteiger partial charge in [0, 0.05) is 12.0 Å². The van der Waals surface area contributed by atoms with E-state index in [0.29, 0.717) is 30.5 Å². The Hall–Kier alpha value is -2.47. The van der Waals surface area contributed by atoms with E-state index in [2.05, 4.69) is 23.6 Å². The highest BCUT2D eigenvalue weighted by atomic mass is 16.6. The lowest BCUT2D eigenvalue weighted by molar-refractivity contribution is -0.146. The van der Waals surface area contributed by atoms with Gasteiger partial charge in [-0.25, -0.2) is 4.79 Å². The lowest BCUT2D eigenvalue weighted by Crippen LogP contribution is -2.26. The minimum atomic E-state index is -0.644. The molecule has 0 aliphatic rings. The number of benzene rings is 1. The van der Waals surface area contributed by atoms with E-state index in [1.807, 2.05) is 6.07 Å². The summed E-state index contributed by atoms with van der Waals surface area (Å²) in [6.07, 6.45) is 4.61. The summed E-state index contributed by atoms with van der Waals surface area (Å²) in [5.74, 6) is 1.07. The van der Waals surface area contributed by atoms with Gasteiger partial charge in [0.1, 0.15) is 5.75 Å². The molecule has 1 aromatic carbocycles. The second-order valence-corrected chi connectivity index (χ2v) is 5.65. The summed E-state index contributed by atoms with van der Waals surface area (Å²) in [6.45, 7) is 7.81. The van der Waals surface area contributed by atoms with E-state index < -0.39 is 12.1 Å². The van der Waals surface area contributed by atoms with Crippen LogP contribution in [-0.4, -0.2) is 28.8 Å². The summed E-state index contributed by atoms with van der Waals surface area (Å²) in [6, 6.07) is 7.04. The summed E-state index contributed by atoms with van der Waals surface area (Å²) >= 11 is 0. The van der Waals surface area contributed by atoms with Crippen LogP contribution in [0.3, 0.4) is 0 Å². The van der Waals surface area contributed by atoms with Gasteiger partial charge in [-0.3, -0.25) is 0 Å². The highest BCUT2D eigenvalue weighted by Crippen LogP contribution is 2.22. The van der Waals surface area contributed by atoms with E-state index in [0.717, 1.165) is 24.8 Å². The van der Waals surface area contributed by atoms with Crippen LogP contribution in [-0.2, 0) is 16.0 Å². The molecule has 2 rings (SSSR count). The molecule has 2 aromatic rings. The van der Waals surface area contributed by atoms with Crippen molar-refractivity contribution in [3.05, 3.63) is 42.8 Å². The minimum absolute atomic E-state index is 0.418. The fraction of sp³-hybridized carbons (Fsp3) is 0.421. The molecule has 0 bridgehead atoms. The molecule has 0 saturated carbocycles. The van der Waals surface area contributed by atoms with Crippen LogP contribution in [0.5, 0.6) is 5.75 Å². The highest BCUT2D eigenvalue weighted by Gasteiger charge is 2.16. The fourth-order valence-electron chi connectivity index (χ4n) is 2.10. The molecule has 1 aromatic heterocycles. The molecule has 1 atom stereocenters. The van der Waals surface area contributed by atoms with Crippen LogP contribution in [0.4, 0.5) is 0 Å². The third-order valence-corrected chi connectivity index (χ3v) is 3.54. The van der Waals surface area contributed by atoms with Crippen molar-refractivity contribution in [2.75, 3.05) is 6.61 Å². The average molecular weight is 344 g/mol. The van der Waals surface area contributed by atoms with Crippen molar-refractivity contribution >= 4 is 5.97 Å². The average Bonchev–Trinajstić information content (AvgIpc) is 3.09. The highest BCUT2D eigenvalue weighted by molar-refractivity contribution is 5.77. The van der Waals surface area contributed by atoms with Crippen LogP contribution < -0.4 is 4.74 Å². The van der Waals surface area contributed by atoms with Crippen LogP contribution in [0.1, 0.15) is 39.0 Å². The summed E-state index contributed by atoms with van der Waals surface area (Å²) in [5, 5.41) is 3.98. The number of esters is 1. The minimum Gasteiger partial charge on any atom is -0.425 e. The Labute approximate surface area is 147 Å². The lowest BCUT2D eigenvalue weighted by Gasteiger charge is -2.12. The SMILES string of the molecule is C=CCCOC(C)C(=O)Oc1cccc(-c2noc(CCCC)n2)c1. The van der Waals surface area contributed by atoms with Gasteiger partial charge in [0.25, 0.3) is 0 Å². The third kappa shape index (κ3) is 5.83. The zero-order chi connectivity index (χ0) is 18.1. The van der Waals surface area contributed by atoms with Crippen molar-refractivity contribution in [2.24, 2.45) is 0 Å². The van der Waals surface area contributed by atoms with Crippen LogP contribution in [0.25, 0.3) is 11.4 Å². The topological polar surface area (TPSA) is 74.5 Å². The summed E-state index contributed by atoms with van der Waals surface area (Å²) < 4.78 is 16.0. The number of aromatic nitrogens is 2. The largest absolute Gasteiger partial charge is 0.425 e. The van der Waals surface area contributed by atoms with Crippen molar-refractivity contribution in [3.63, 3.8) is 0 Å². The molecule has 6 heteroatoms. The molecule has 25 heavy (non-hydrogen) atoms. The molecule has 6 nitrogen and oxygen atoms in total. The quantitative estimate of drug-likeness (QED) is 0.281. The molecule has 0 aliphatic heterocycles. The molecule has 0 amide bonds. The van der Waals surface area contributed by atoms with Crippen molar-refractivity contribution in [3.8, 4) is 17.1 Å². The van der Waals surface area contributed by atoms with Gasteiger partial charge in [0.05, 0.1) is 6.61 Å². The number of carbonyl (C=O) groups is 1. The first-order valence-corrected chi connectivity index (χ1v) is 8.51. The molecule has 0 saturated heterocycles. The first kappa shape index (κ1) is 18.9. The predicted octanol–water partition coefficient (Wildman–Crippen LogP) is 3.97. The molecule has 134 valence electrons. The number of rotatable bonds is 10. The van der Waals surface area contributed by atoms with Gasteiger partial charge in [0.2, 0.25) is 11.7 Å². The number of hydrogen-bond acceptors (Lipinski definition) is 6. The summed E-state index contributed by atoms with van der Waals surface area (Å²) in [7, 11) is 0. The van der Waals surface area contributed by atoms with Crippen LogP contribution in [0.2, 0.25) is 0 Å². The molecular formula is C19H24N2O4. The van der Waals surface area contributed by atoms with E-state index in [1.54, 1.807) is 31.2 Å². The van der Waals surface area contributed by atoms with E-state index >= 15 is 0 Å². The normalized spacial score (nSPS) is 11.9. The lowest BCUT2D eigenvalue weighted by atomic mass is 10.2. The Morgan fingerprint density at radius 3 is 3.04 bits per heavy atom. The van der Waals surface area contributed by atoms with E-state index in [9.17, 15) is 4.79 Å². The zero-order valence-corrected chi connectivity index (χ0v) is 14.7. The van der Waals surface area contributed by atoms with E-state index in [4.69, 9.17) is 14.0 Å². The summed E-state index contributed by atoms with van der Waals surface area (Å²) in [5.41, 5.74) is 0.733.